The second-order valence-corrected chi connectivity index (χ2v) is 8.36. The van der Waals surface area contributed by atoms with Crippen LogP contribution in [0.4, 0.5) is 5.69 Å². The molecule has 0 saturated carbocycles. The number of nitrogens with zero attached hydrogens (tertiary/aromatic N) is 1. The van der Waals surface area contributed by atoms with Gasteiger partial charge in [0.15, 0.2) is 0 Å². The topological polar surface area (TPSA) is 41.6 Å². The molecule has 1 N–H and O–H groups in total. The Balaban J connectivity index is 1.61. The van der Waals surface area contributed by atoms with E-state index in [-0.39, 0.29) is 5.91 Å². The summed E-state index contributed by atoms with van der Waals surface area (Å²) >= 11 is 7.76. The fourth-order valence-electron chi connectivity index (χ4n) is 2.88. The summed E-state index contributed by atoms with van der Waals surface area (Å²) in [5.74, 6) is 0.446. The number of hydrogen-bond acceptors (Lipinski definition) is 3. The highest BCUT2D eigenvalue weighted by atomic mass is 127. The Kier molecular flexibility index (Phi) is 8.21. The van der Waals surface area contributed by atoms with E-state index in [9.17, 15) is 4.79 Å². The van der Waals surface area contributed by atoms with Gasteiger partial charge in [-0.05, 0) is 95.3 Å². The van der Waals surface area contributed by atoms with E-state index in [4.69, 9.17) is 17.0 Å². The van der Waals surface area contributed by atoms with Crippen molar-refractivity contribution in [3.05, 3.63) is 93.6 Å². The molecule has 30 heavy (non-hydrogen) atoms. The van der Waals surface area contributed by atoms with Crippen LogP contribution in [-0.2, 0) is 6.54 Å². The molecule has 1 amide bonds. The third kappa shape index (κ3) is 6.53. The Morgan fingerprint density at radius 3 is 2.30 bits per heavy atom. The first kappa shape index (κ1) is 22.2. The predicted molar refractivity (Wildman–Crippen MR) is 134 cm³/mol. The van der Waals surface area contributed by atoms with Gasteiger partial charge in [-0.1, -0.05) is 37.3 Å². The van der Waals surface area contributed by atoms with Gasteiger partial charge in [-0.15, -0.1) is 0 Å². The quantitative estimate of drug-likeness (QED) is 0.295. The summed E-state index contributed by atoms with van der Waals surface area (Å²) in [5.41, 5.74) is 2.50. The Morgan fingerprint density at radius 1 is 1.00 bits per heavy atom. The largest absolute Gasteiger partial charge is 0.432 e. The van der Waals surface area contributed by atoms with Crippen molar-refractivity contribution < 1.29 is 9.53 Å². The van der Waals surface area contributed by atoms with E-state index in [1.807, 2.05) is 47.4 Å². The zero-order valence-electron chi connectivity index (χ0n) is 16.7. The first-order valence-electron chi connectivity index (χ1n) is 9.73. The summed E-state index contributed by atoms with van der Waals surface area (Å²) in [5, 5.41) is 3.32. The van der Waals surface area contributed by atoms with Crippen LogP contribution in [0.3, 0.4) is 0 Å². The third-order valence-corrected chi connectivity index (χ3v) is 5.45. The van der Waals surface area contributed by atoms with Gasteiger partial charge in [0, 0.05) is 27.9 Å². The van der Waals surface area contributed by atoms with Crippen LogP contribution in [-0.4, -0.2) is 22.5 Å². The van der Waals surface area contributed by atoms with E-state index < -0.39 is 0 Å². The van der Waals surface area contributed by atoms with Gasteiger partial charge >= 0.3 is 0 Å². The molecule has 0 spiro atoms. The molecule has 0 atom stereocenters. The van der Waals surface area contributed by atoms with Crippen molar-refractivity contribution in [2.24, 2.45) is 0 Å². The molecule has 0 saturated heterocycles. The van der Waals surface area contributed by atoms with Crippen molar-refractivity contribution in [3.8, 4) is 5.75 Å². The first-order valence-corrected chi connectivity index (χ1v) is 11.2. The first-order chi connectivity index (χ1) is 14.5. The van der Waals surface area contributed by atoms with Gasteiger partial charge in [0.2, 0.25) is 0 Å². The minimum Gasteiger partial charge on any atom is -0.432 e. The van der Waals surface area contributed by atoms with E-state index in [2.05, 4.69) is 47.0 Å². The smallest absolute Gasteiger partial charge is 0.265 e. The van der Waals surface area contributed by atoms with E-state index in [0.29, 0.717) is 23.0 Å². The number of rotatable bonds is 7. The highest BCUT2D eigenvalue weighted by Crippen LogP contribution is 2.17. The lowest BCUT2D eigenvalue weighted by Crippen LogP contribution is -2.33. The maximum Gasteiger partial charge on any atom is 0.265 e. The molecule has 0 unspecified atom stereocenters. The number of thiocarbonyl (C=S) groups is 1. The van der Waals surface area contributed by atoms with Gasteiger partial charge < -0.3 is 15.0 Å². The number of amides is 1. The van der Waals surface area contributed by atoms with Crippen LogP contribution in [0.25, 0.3) is 0 Å². The summed E-state index contributed by atoms with van der Waals surface area (Å²) in [6, 6.07) is 24.8. The van der Waals surface area contributed by atoms with Gasteiger partial charge in [0.05, 0.1) is 0 Å². The van der Waals surface area contributed by atoms with Gasteiger partial charge in [0.1, 0.15) is 5.75 Å². The lowest BCUT2D eigenvalue weighted by atomic mass is 10.2. The van der Waals surface area contributed by atoms with E-state index in [0.717, 1.165) is 22.2 Å². The van der Waals surface area contributed by atoms with Crippen molar-refractivity contribution >= 4 is 51.6 Å². The molecule has 0 aliphatic rings. The molecule has 0 bridgehead atoms. The van der Waals surface area contributed by atoms with Crippen molar-refractivity contribution in [2.45, 2.75) is 19.9 Å². The van der Waals surface area contributed by atoms with E-state index in [1.165, 1.54) is 5.56 Å². The van der Waals surface area contributed by atoms with Crippen LogP contribution < -0.4 is 10.1 Å². The second kappa shape index (κ2) is 11.1. The predicted octanol–water partition coefficient (Wildman–Crippen LogP) is 6.12. The molecule has 3 aromatic carbocycles. The summed E-state index contributed by atoms with van der Waals surface area (Å²) < 4.78 is 7.01. The number of hydrogen-bond donors (Lipinski definition) is 1. The number of benzene rings is 3. The molecular formula is C24H23IN2O2S. The summed E-state index contributed by atoms with van der Waals surface area (Å²) in [7, 11) is 0. The minimum atomic E-state index is -0.165. The minimum absolute atomic E-state index is 0.165. The number of carbonyl (C=O) groups is 1. The summed E-state index contributed by atoms with van der Waals surface area (Å²) in [6.07, 6.45) is 0.966. The Hall–Kier alpha value is -2.45. The van der Waals surface area contributed by atoms with E-state index >= 15 is 0 Å². The average molecular weight is 530 g/mol. The highest BCUT2D eigenvalue weighted by Gasteiger charge is 2.13. The summed E-state index contributed by atoms with van der Waals surface area (Å²) in [6.45, 7) is 3.62. The normalized spacial score (nSPS) is 10.3. The maximum atomic E-state index is 12.4. The number of halogens is 1. The molecule has 0 aromatic heterocycles. The van der Waals surface area contributed by atoms with Crippen molar-refractivity contribution in [1.82, 2.24) is 4.90 Å². The zero-order chi connectivity index (χ0) is 21.3. The average Bonchev–Trinajstić information content (AvgIpc) is 2.76. The van der Waals surface area contributed by atoms with Crippen LogP contribution in [0, 0.1) is 3.57 Å². The monoisotopic (exact) mass is 530 g/mol. The Labute approximate surface area is 196 Å². The van der Waals surface area contributed by atoms with Crippen LogP contribution in [0.5, 0.6) is 5.75 Å². The summed E-state index contributed by atoms with van der Waals surface area (Å²) in [4.78, 5) is 14.5. The fraction of sp³-hybridized carbons (Fsp3) is 0.167. The Bertz CT molecular complexity index is 976. The molecule has 154 valence electrons. The van der Waals surface area contributed by atoms with Crippen LogP contribution >= 0.6 is 34.8 Å². The molecular weight excluding hydrogens is 507 g/mol. The van der Waals surface area contributed by atoms with Gasteiger partial charge in [-0.2, -0.15) is 0 Å². The standard InChI is InChI=1S/C24H23IN2O2S/c1-2-16-27(17-18-6-4-3-5-7-18)24(30)29-22-14-8-19(9-15-22)23(28)26-21-12-10-20(25)11-13-21/h3-15H,2,16-17H2,1H3,(H,26,28). The van der Waals surface area contributed by atoms with Crippen LogP contribution in [0.1, 0.15) is 29.3 Å². The zero-order valence-corrected chi connectivity index (χ0v) is 19.7. The number of carbonyl (C=O) groups excluding carboxylic acids is 1. The number of nitrogens with one attached hydrogen (secondary N) is 1. The van der Waals surface area contributed by atoms with Gasteiger partial charge in [-0.3, -0.25) is 4.79 Å². The lowest BCUT2D eigenvalue weighted by Gasteiger charge is -2.24. The van der Waals surface area contributed by atoms with E-state index in [1.54, 1.807) is 24.3 Å². The SMILES string of the molecule is CCCN(Cc1ccccc1)C(=S)Oc1ccc(C(=O)Nc2ccc(I)cc2)cc1. The van der Waals surface area contributed by atoms with Gasteiger partial charge in [-0.25, -0.2) is 0 Å². The van der Waals surface area contributed by atoms with Crippen LogP contribution in [0.15, 0.2) is 78.9 Å². The lowest BCUT2D eigenvalue weighted by molar-refractivity contribution is 0.102. The molecule has 0 fully saturated rings. The Morgan fingerprint density at radius 2 is 1.67 bits per heavy atom. The highest BCUT2D eigenvalue weighted by molar-refractivity contribution is 14.1. The molecule has 4 nitrogen and oxygen atoms in total. The van der Waals surface area contributed by atoms with Crippen molar-refractivity contribution in [1.29, 1.82) is 0 Å². The molecule has 3 aromatic rings. The second-order valence-electron chi connectivity index (χ2n) is 6.76. The molecule has 6 heteroatoms. The van der Waals surface area contributed by atoms with Gasteiger partial charge in [0.25, 0.3) is 11.1 Å². The number of anilines is 1. The van der Waals surface area contributed by atoms with Crippen LogP contribution in [0.2, 0.25) is 0 Å². The van der Waals surface area contributed by atoms with Crippen molar-refractivity contribution in [2.75, 3.05) is 11.9 Å². The molecule has 0 heterocycles. The third-order valence-electron chi connectivity index (χ3n) is 4.39. The molecule has 0 aliphatic carbocycles. The molecule has 0 radical (unpaired) electrons. The van der Waals surface area contributed by atoms with Crippen molar-refractivity contribution in [3.63, 3.8) is 0 Å². The number of ether oxygens (including phenoxy) is 1. The fourth-order valence-corrected chi connectivity index (χ4v) is 3.50. The molecule has 3 rings (SSSR count). The maximum absolute atomic E-state index is 12.4. The molecule has 0 aliphatic heterocycles.